The lowest BCUT2D eigenvalue weighted by Crippen LogP contribution is -2.45. The molecule has 214 valence electrons. The van der Waals surface area contributed by atoms with Gasteiger partial charge in [-0.15, -0.1) is 0 Å². The molecule has 0 atom stereocenters. The average molecular weight is 555 g/mol. The second-order valence-corrected chi connectivity index (χ2v) is 11.4. The first-order valence-electron chi connectivity index (χ1n) is 14.7. The summed E-state index contributed by atoms with van der Waals surface area (Å²) in [5.74, 6) is 0.894. The van der Waals surface area contributed by atoms with Crippen LogP contribution in [-0.2, 0) is 18.4 Å². The normalized spacial score (nSPS) is 16.7. The Morgan fingerprint density at radius 1 is 1.00 bits per heavy atom. The minimum atomic E-state index is -0.283. The Morgan fingerprint density at radius 3 is 2.41 bits per heavy atom. The zero-order valence-electron chi connectivity index (χ0n) is 23.9. The molecule has 2 fully saturated rings. The van der Waals surface area contributed by atoms with Crippen LogP contribution in [0.4, 0.5) is 10.5 Å². The van der Waals surface area contributed by atoms with Gasteiger partial charge >= 0.3 is 6.09 Å². The van der Waals surface area contributed by atoms with E-state index in [9.17, 15) is 9.59 Å². The Balaban J connectivity index is 1.09. The van der Waals surface area contributed by atoms with Gasteiger partial charge in [0.15, 0.2) is 5.65 Å². The minimum absolute atomic E-state index is 0.115. The molecule has 4 aromatic rings. The Hall–Kier alpha value is -4.14. The van der Waals surface area contributed by atoms with Gasteiger partial charge in [0.2, 0.25) is 0 Å². The molecule has 3 heterocycles. The molecule has 2 aliphatic rings. The number of aromatic nitrogens is 4. The number of hydrogen-bond donors (Lipinski definition) is 1. The van der Waals surface area contributed by atoms with Gasteiger partial charge in [0.25, 0.3) is 5.56 Å². The quantitative estimate of drug-likeness (QED) is 0.333. The Bertz CT molecular complexity index is 1550. The molecule has 41 heavy (non-hydrogen) atoms. The third-order valence-electron chi connectivity index (χ3n) is 8.72. The van der Waals surface area contributed by atoms with E-state index in [0.29, 0.717) is 22.8 Å². The molecule has 0 spiro atoms. The summed E-state index contributed by atoms with van der Waals surface area (Å²) in [6.07, 6.45) is 7.26. The highest BCUT2D eigenvalue weighted by Gasteiger charge is 2.27. The molecule has 2 aromatic carbocycles. The number of fused-ring (bicyclic) bond motifs is 1. The van der Waals surface area contributed by atoms with Gasteiger partial charge in [-0.3, -0.25) is 4.79 Å². The summed E-state index contributed by atoms with van der Waals surface area (Å²) >= 11 is 0. The van der Waals surface area contributed by atoms with Gasteiger partial charge in [-0.05, 0) is 55.5 Å². The van der Waals surface area contributed by atoms with E-state index in [1.54, 1.807) is 9.58 Å². The highest BCUT2D eigenvalue weighted by atomic mass is 16.6. The zero-order chi connectivity index (χ0) is 28.3. The smallest absolute Gasteiger partial charge is 0.410 e. The van der Waals surface area contributed by atoms with Crippen LogP contribution in [0.1, 0.15) is 62.1 Å². The summed E-state index contributed by atoms with van der Waals surface area (Å²) < 4.78 is 7.28. The van der Waals surface area contributed by atoms with Crippen molar-refractivity contribution >= 4 is 22.8 Å². The van der Waals surface area contributed by atoms with Crippen LogP contribution in [0.25, 0.3) is 22.4 Å². The van der Waals surface area contributed by atoms with E-state index < -0.39 is 0 Å². The molecule has 6 rings (SSSR count). The van der Waals surface area contributed by atoms with Gasteiger partial charge < -0.3 is 19.5 Å². The number of aryl methyl sites for hydroxylation is 1. The Labute approximate surface area is 240 Å². The summed E-state index contributed by atoms with van der Waals surface area (Å²) in [6.45, 7) is 1.98. The summed E-state index contributed by atoms with van der Waals surface area (Å²) in [7, 11) is 3.70. The van der Waals surface area contributed by atoms with Crippen LogP contribution in [0, 0.1) is 0 Å². The van der Waals surface area contributed by atoms with Gasteiger partial charge in [0.1, 0.15) is 17.8 Å². The maximum absolute atomic E-state index is 13.2. The van der Waals surface area contributed by atoms with E-state index >= 15 is 0 Å². The van der Waals surface area contributed by atoms with Crippen molar-refractivity contribution in [3.63, 3.8) is 0 Å². The van der Waals surface area contributed by atoms with Gasteiger partial charge in [-0.25, -0.2) is 14.5 Å². The average Bonchev–Trinajstić information content (AvgIpc) is 3.37. The van der Waals surface area contributed by atoms with Crippen molar-refractivity contribution < 1.29 is 9.53 Å². The summed E-state index contributed by atoms with van der Waals surface area (Å²) in [4.78, 5) is 37.7. The van der Waals surface area contributed by atoms with Gasteiger partial charge in [0.05, 0.1) is 5.69 Å². The first kappa shape index (κ1) is 27.1. The molecular formula is C32H38N6O3. The molecule has 1 saturated heterocycles. The minimum Gasteiger partial charge on any atom is -0.445 e. The number of amides is 1. The fourth-order valence-corrected chi connectivity index (χ4v) is 6.30. The number of nitrogens with zero attached hydrogens (tertiary/aromatic N) is 5. The van der Waals surface area contributed by atoms with Gasteiger partial charge in [-0.2, -0.15) is 5.10 Å². The maximum atomic E-state index is 13.2. The second kappa shape index (κ2) is 11.8. The number of benzene rings is 2. The van der Waals surface area contributed by atoms with Crippen LogP contribution in [0.15, 0.2) is 59.4 Å². The van der Waals surface area contributed by atoms with E-state index in [2.05, 4.69) is 22.0 Å². The summed E-state index contributed by atoms with van der Waals surface area (Å²) in [5, 5.41) is 5.37. The van der Waals surface area contributed by atoms with Crippen molar-refractivity contribution in [2.24, 2.45) is 7.05 Å². The summed E-state index contributed by atoms with van der Waals surface area (Å²) in [5.41, 5.74) is 4.39. The Morgan fingerprint density at radius 2 is 1.71 bits per heavy atom. The van der Waals surface area contributed by atoms with Crippen LogP contribution in [-0.4, -0.2) is 56.9 Å². The van der Waals surface area contributed by atoms with E-state index in [-0.39, 0.29) is 24.3 Å². The van der Waals surface area contributed by atoms with Crippen molar-refractivity contribution in [3.05, 3.63) is 76.2 Å². The third-order valence-corrected chi connectivity index (χ3v) is 8.72. The molecular weight excluding hydrogens is 516 g/mol. The number of rotatable bonds is 6. The lowest BCUT2D eigenvalue weighted by Gasteiger charge is -2.37. The topological polar surface area (TPSA) is 96.3 Å². The lowest BCUT2D eigenvalue weighted by molar-refractivity contribution is 0.0862. The fraction of sp³-hybridized carbons (Fsp3) is 0.438. The largest absolute Gasteiger partial charge is 0.445 e. The predicted molar refractivity (Wildman–Crippen MR) is 160 cm³/mol. The predicted octanol–water partition coefficient (Wildman–Crippen LogP) is 5.61. The fourth-order valence-electron chi connectivity index (χ4n) is 6.30. The number of carbonyl (C=O) groups is 1. The molecule has 9 nitrogen and oxygen atoms in total. The van der Waals surface area contributed by atoms with E-state index in [0.717, 1.165) is 61.3 Å². The molecule has 1 saturated carbocycles. The SMILES string of the molecule is CN(C(=O)OCc1ccccc1)C1CCN(c2ccc(-c3nc4c(c(C5CCCCC5)nn4C)c(=O)[nH]3)cc2)CC1. The summed E-state index contributed by atoms with van der Waals surface area (Å²) in [6, 6.07) is 18.1. The van der Waals surface area contributed by atoms with Crippen molar-refractivity contribution in [2.75, 3.05) is 25.0 Å². The molecule has 9 heteroatoms. The van der Waals surface area contributed by atoms with E-state index in [1.807, 2.05) is 56.6 Å². The van der Waals surface area contributed by atoms with Crippen molar-refractivity contribution in [3.8, 4) is 11.4 Å². The zero-order valence-corrected chi connectivity index (χ0v) is 23.9. The molecule has 2 aromatic heterocycles. The molecule has 1 aliphatic carbocycles. The Kier molecular flexibility index (Phi) is 7.76. The highest BCUT2D eigenvalue weighted by molar-refractivity contribution is 5.80. The third kappa shape index (κ3) is 5.71. The number of aromatic amines is 1. The highest BCUT2D eigenvalue weighted by Crippen LogP contribution is 2.34. The number of hydrogen-bond acceptors (Lipinski definition) is 6. The molecule has 1 N–H and O–H groups in total. The number of nitrogens with one attached hydrogen (secondary N) is 1. The molecule has 0 bridgehead atoms. The van der Waals surface area contributed by atoms with Crippen molar-refractivity contribution in [1.82, 2.24) is 24.6 Å². The number of carbonyl (C=O) groups excluding carboxylic acids is 1. The van der Waals surface area contributed by atoms with Crippen LogP contribution in [0.5, 0.6) is 0 Å². The van der Waals surface area contributed by atoms with Gasteiger partial charge in [0, 0.05) is 50.4 Å². The molecule has 1 aliphatic heterocycles. The first-order chi connectivity index (χ1) is 20.0. The van der Waals surface area contributed by atoms with E-state index in [1.165, 1.54) is 19.3 Å². The number of H-pyrrole nitrogens is 1. The number of piperidine rings is 1. The maximum Gasteiger partial charge on any atom is 0.410 e. The number of anilines is 1. The van der Waals surface area contributed by atoms with Crippen LogP contribution >= 0.6 is 0 Å². The van der Waals surface area contributed by atoms with Gasteiger partial charge in [-0.1, -0.05) is 49.6 Å². The second-order valence-electron chi connectivity index (χ2n) is 11.4. The van der Waals surface area contributed by atoms with Crippen LogP contribution in [0.3, 0.4) is 0 Å². The monoisotopic (exact) mass is 554 g/mol. The molecule has 0 unspecified atom stereocenters. The van der Waals surface area contributed by atoms with Crippen LogP contribution in [0.2, 0.25) is 0 Å². The standard InChI is InChI=1S/C32H38N6O3/c1-36(32(40)41-21-22-9-5-3-6-10-22)25-17-19-38(20-18-25)26-15-13-24(14-16-26)29-33-30-27(31(39)34-29)28(35-37(30)2)23-11-7-4-8-12-23/h3,5-6,9-10,13-16,23,25H,4,7-8,11-12,17-21H2,1-2H3,(H,33,34,39). The van der Waals surface area contributed by atoms with Crippen molar-refractivity contribution in [2.45, 2.75) is 63.5 Å². The molecule has 1 amide bonds. The van der Waals surface area contributed by atoms with Crippen LogP contribution < -0.4 is 10.5 Å². The lowest BCUT2D eigenvalue weighted by atomic mass is 9.86. The number of ether oxygens (including phenoxy) is 1. The van der Waals surface area contributed by atoms with Crippen molar-refractivity contribution in [1.29, 1.82) is 0 Å². The first-order valence-corrected chi connectivity index (χ1v) is 14.7. The van der Waals surface area contributed by atoms with E-state index in [4.69, 9.17) is 14.8 Å². The molecule has 0 radical (unpaired) electrons.